The topological polar surface area (TPSA) is 213 Å². The highest BCUT2D eigenvalue weighted by Crippen LogP contribution is 2.14. The molecule has 12 heteroatoms. The van der Waals surface area contributed by atoms with Crippen molar-refractivity contribution in [3.63, 3.8) is 0 Å². The Balaban J connectivity index is 5.28. The predicted molar refractivity (Wildman–Crippen MR) is 77.3 cm³/mol. The largest absolute Gasteiger partial charge is 0.481 e. The van der Waals surface area contributed by atoms with E-state index in [1.54, 1.807) is 0 Å². The van der Waals surface area contributed by atoms with E-state index in [1.807, 2.05) is 0 Å². The minimum absolute atomic E-state index is 0.601. The molecule has 0 saturated heterocycles. The molecule has 8 N–H and O–H groups in total. The van der Waals surface area contributed by atoms with Crippen molar-refractivity contribution in [2.75, 3.05) is 5.75 Å². The highest BCUT2D eigenvalue weighted by molar-refractivity contribution is 7.80. The van der Waals surface area contributed by atoms with E-state index in [-0.39, 0.29) is 0 Å². The summed E-state index contributed by atoms with van der Waals surface area (Å²) in [7, 11) is 0. The lowest BCUT2D eigenvalue weighted by Gasteiger charge is -2.27. The van der Waals surface area contributed by atoms with Crippen LogP contribution in [-0.4, -0.2) is 63.2 Å². The maximum Gasteiger partial charge on any atom is 0.345 e. The molecule has 0 aliphatic rings. The Kier molecular flexibility index (Phi) is 7.65. The number of nitrogens with two attached hydrogens (primary N) is 3. The Morgan fingerprint density at radius 3 is 2.00 bits per heavy atom. The van der Waals surface area contributed by atoms with Crippen LogP contribution in [0.15, 0.2) is 0 Å². The molecular formula is C11H17N3O8S. The average molecular weight is 351 g/mol. The quantitative estimate of drug-likeness (QED) is 0.132. The molecule has 11 nitrogen and oxygen atoms in total. The summed E-state index contributed by atoms with van der Waals surface area (Å²) in [6.45, 7) is 0. The molecule has 130 valence electrons. The molecule has 0 bridgehead atoms. The normalized spacial score (nSPS) is 15.8. The summed E-state index contributed by atoms with van der Waals surface area (Å²) in [5, 5.41) is 17.4. The van der Waals surface area contributed by atoms with E-state index in [0.717, 1.165) is 0 Å². The highest BCUT2D eigenvalue weighted by Gasteiger charge is 2.46. The number of hydrogen-bond donors (Lipinski definition) is 6. The van der Waals surface area contributed by atoms with Gasteiger partial charge in [-0.15, -0.1) is 0 Å². The van der Waals surface area contributed by atoms with Crippen LogP contribution in [0.25, 0.3) is 0 Å². The van der Waals surface area contributed by atoms with E-state index in [1.165, 1.54) is 0 Å². The SMILES string of the molecule is NC(=O)C[C@H](N)C(=O)[C@](N)(CS)C(=O)OC(CC(=O)O)C(=O)O. The van der Waals surface area contributed by atoms with E-state index in [0.29, 0.717) is 0 Å². The second-order valence-corrected chi connectivity index (χ2v) is 4.92. The standard InChI is InChI=1S/C11H17N3O8S/c12-4(1-6(13)15)8(18)11(14,3-23)10(21)22-5(9(19)20)2-7(16)17/h4-5,23H,1-3,12,14H2,(H2,13,15)(H,16,17)(H,19,20)/t4-,5?,11+/m0/s1. The first-order valence-electron chi connectivity index (χ1n) is 6.09. The third kappa shape index (κ3) is 5.84. The summed E-state index contributed by atoms with van der Waals surface area (Å²) < 4.78 is 4.47. The smallest absolute Gasteiger partial charge is 0.345 e. The molecule has 0 aromatic heterocycles. The Morgan fingerprint density at radius 1 is 1.13 bits per heavy atom. The van der Waals surface area contributed by atoms with Crippen molar-refractivity contribution in [1.29, 1.82) is 0 Å². The van der Waals surface area contributed by atoms with Crippen LogP contribution in [0.2, 0.25) is 0 Å². The highest BCUT2D eigenvalue weighted by atomic mass is 32.1. The first-order valence-corrected chi connectivity index (χ1v) is 6.72. The second-order valence-electron chi connectivity index (χ2n) is 4.60. The Bertz CT molecular complexity index is 525. The van der Waals surface area contributed by atoms with Gasteiger partial charge >= 0.3 is 17.9 Å². The fraction of sp³-hybridized carbons (Fsp3) is 0.545. The molecule has 0 rings (SSSR count). The van der Waals surface area contributed by atoms with E-state index in [2.05, 4.69) is 17.4 Å². The lowest BCUT2D eigenvalue weighted by molar-refractivity contribution is -0.171. The zero-order valence-corrected chi connectivity index (χ0v) is 12.7. The fourth-order valence-corrected chi connectivity index (χ4v) is 1.74. The average Bonchev–Trinajstić information content (AvgIpc) is 2.43. The number of Topliss-reactive ketones (excluding diaryl/α,β-unsaturated/α-hetero) is 1. The van der Waals surface area contributed by atoms with Gasteiger partial charge in [0, 0.05) is 12.2 Å². The first-order chi connectivity index (χ1) is 10.5. The Labute approximate surface area is 135 Å². The number of carboxylic acid groups (broad SMARTS) is 2. The van der Waals surface area contributed by atoms with Gasteiger partial charge in [-0.3, -0.25) is 14.4 Å². The lowest BCUT2D eigenvalue weighted by Crippen LogP contribution is -2.63. The van der Waals surface area contributed by atoms with Crippen molar-refractivity contribution in [2.45, 2.75) is 30.5 Å². The van der Waals surface area contributed by atoms with Crippen LogP contribution >= 0.6 is 12.6 Å². The molecule has 23 heavy (non-hydrogen) atoms. The Morgan fingerprint density at radius 2 is 1.65 bits per heavy atom. The molecule has 0 aliphatic carbocycles. The number of carboxylic acids is 2. The number of aliphatic carboxylic acids is 2. The Hall–Kier alpha value is -2.18. The van der Waals surface area contributed by atoms with Crippen molar-refractivity contribution >= 4 is 42.2 Å². The number of amides is 1. The van der Waals surface area contributed by atoms with Crippen LogP contribution in [0.3, 0.4) is 0 Å². The summed E-state index contributed by atoms with van der Waals surface area (Å²) in [5.74, 6) is -7.49. The van der Waals surface area contributed by atoms with Crippen LogP contribution in [-0.2, 0) is 28.7 Å². The van der Waals surface area contributed by atoms with Gasteiger partial charge in [-0.05, 0) is 0 Å². The van der Waals surface area contributed by atoms with Gasteiger partial charge in [-0.2, -0.15) is 12.6 Å². The van der Waals surface area contributed by atoms with E-state index in [9.17, 15) is 24.0 Å². The molecule has 1 unspecified atom stereocenters. The summed E-state index contributed by atoms with van der Waals surface area (Å²) in [6, 6.07) is -1.53. The number of hydrogen-bond acceptors (Lipinski definition) is 9. The van der Waals surface area contributed by atoms with E-state index >= 15 is 0 Å². The third-order valence-corrected chi connectivity index (χ3v) is 3.19. The van der Waals surface area contributed by atoms with Gasteiger partial charge in [0.1, 0.15) is 0 Å². The summed E-state index contributed by atoms with van der Waals surface area (Å²) >= 11 is 3.73. The van der Waals surface area contributed by atoms with Crippen molar-refractivity contribution in [3.8, 4) is 0 Å². The number of ether oxygens (including phenoxy) is 1. The first kappa shape index (κ1) is 20.8. The van der Waals surface area contributed by atoms with Crippen LogP contribution in [0.1, 0.15) is 12.8 Å². The maximum absolute atomic E-state index is 12.1. The number of carbonyl (C=O) groups excluding carboxylic acids is 3. The van der Waals surface area contributed by atoms with Crippen molar-refractivity contribution in [1.82, 2.24) is 0 Å². The van der Waals surface area contributed by atoms with E-state index in [4.69, 9.17) is 27.4 Å². The van der Waals surface area contributed by atoms with Gasteiger partial charge in [0.2, 0.25) is 12.0 Å². The molecule has 0 heterocycles. The number of carbonyl (C=O) groups is 5. The molecule has 0 saturated carbocycles. The van der Waals surface area contributed by atoms with Crippen molar-refractivity contribution < 1.29 is 38.9 Å². The molecule has 0 aromatic carbocycles. The molecule has 0 spiro atoms. The predicted octanol–water partition coefficient (Wildman–Crippen LogP) is -3.14. The zero-order chi connectivity index (χ0) is 18.4. The van der Waals surface area contributed by atoms with Crippen LogP contribution in [0.5, 0.6) is 0 Å². The molecule has 0 aromatic rings. The minimum Gasteiger partial charge on any atom is -0.481 e. The van der Waals surface area contributed by atoms with Gasteiger partial charge in [-0.1, -0.05) is 0 Å². The molecular weight excluding hydrogens is 334 g/mol. The van der Waals surface area contributed by atoms with Crippen molar-refractivity contribution in [3.05, 3.63) is 0 Å². The molecule has 0 radical (unpaired) electrons. The third-order valence-electron chi connectivity index (χ3n) is 2.70. The maximum atomic E-state index is 12.1. The molecule has 1 amide bonds. The number of thiol groups is 1. The number of rotatable bonds is 10. The molecule has 3 atom stereocenters. The zero-order valence-electron chi connectivity index (χ0n) is 11.8. The summed E-state index contributed by atoms with van der Waals surface area (Å²) in [4.78, 5) is 56.2. The fourth-order valence-electron chi connectivity index (χ4n) is 1.46. The van der Waals surface area contributed by atoms with Gasteiger partial charge in [0.15, 0.2) is 11.3 Å². The monoisotopic (exact) mass is 351 g/mol. The van der Waals surface area contributed by atoms with Crippen molar-refractivity contribution in [2.24, 2.45) is 17.2 Å². The lowest BCUT2D eigenvalue weighted by atomic mass is 9.91. The van der Waals surface area contributed by atoms with E-state index < -0.39 is 65.9 Å². The van der Waals surface area contributed by atoms with Gasteiger partial charge in [0.25, 0.3) is 0 Å². The molecule has 0 fully saturated rings. The number of esters is 1. The van der Waals surface area contributed by atoms with Crippen LogP contribution < -0.4 is 17.2 Å². The van der Waals surface area contributed by atoms with Gasteiger partial charge in [0.05, 0.1) is 12.5 Å². The van der Waals surface area contributed by atoms with Gasteiger partial charge < -0.3 is 32.2 Å². The minimum atomic E-state index is -2.45. The summed E-state index contributed by atoms with van der Waals surface area (Å²) in [6.07, 6.45) is -3.69. The number of primary amides is 1. The summed E-state index contributed by atoms with van der Waals surface area (Å²) in [5.41, 5.74) is 13.4. The second kappa shape index (κ2) is 8.45. The van der Waals surface area contributed by atoms with Crippen LogP contribution in [0, 0.1) is 0 Å². The molecule has 0 aliphatic heterocycles. The van der Waals surface area contributed by atoms with Gasteiger partial charge in [-0.25, -0.2) is 9.59 Å². The van der Waals surface area contributed by atoms with Crippen LogP contribution in [0.4, 0.5) is 0 Å². The number of ketones is 1.